The molecule has 18 heteroatoms. The Kier molecular flexibility index (Phi) is 22.6. The summed E-state index contributed by atoms with van der Waals surface area (Å²) >= 11 is 0. The number of aromatic carboxylic acids is 1. The summed E-state index contributed by atoms with van der Waals surface area (Å²) in [7, 11) is 0. The number of rotatable bonds is 19. The Morgan fingerprint density at radius 3 is 1.17 bits per heavy atom. The number of unbranched alkanes of at least 4 members (excludes halogenated alkanes) is 3. The van der Waals surface area contributed by atoms with E-state index in [0.29, 0.717) is 40.3 Å². The van der Waals surface area contributed by atoms with Crippen molar-refractivity contribution >= 4 is 41.5 Å². The monoisotopic (exact) mass is 1130 g/mol. The third-order valence-corrected chi connectivity index (χ3v) is 12.7. The molecule has 440 valence electrons. The summed E-state index contributed by atoms with van der Waals surface area (Å²) in [6, 6.07) is 27.4. The lowest BCUT2D eigenvalue weighted by atomic mass is 9.86. The maximum Gasteiger partial charge on any atom is 0.338 e. The Labute approximate surface area is 487 Å². The van der Waals surface area contributed by atoms with Gasteiger partial charge in [-0.2, -0.15) is 0 Å². The van der Waals surface area contributed by atoms with Gasteiger partial charge in [0.05, 0.1) is 11.1 Å². The lowest BCUT2D eigenvalue weighted by Crippen LogP contribution is -2.45. The predicted molar refractivity (Wildman–Crippen MR) is 318 cm³/mol. The zero-order valence-corrected chi connectivity index (χ0v) is 50.1. The van der Waals surface area contributed by atoms with Crippen molar-refractivity contribution < 1.29 is 48.1 Å². The lowest BCUT2D eigenvalue weighted by Gasteiger charge is -2.25. The molecule has 2 heterocycles. The Morgan fingerprint density at radius 2 is 0.831 bits per heavy atom. The van der Waals surface area contributed by atoms with E-state index in [1.165, 1.54) is 24.8 Å². The van der Waals surface area contributed by atoms with E-state index in [9.17, 15) is 33.6 Å². The predicted octanol–water partition coefficient (Wildman–Crippen LogP) is 10.7. The number of nitrogens with one attached hydrogen (secondary N) is 4. The number of ether oxygens (including phenoxy) is 2. The van der Waals surface area contributed by atoms with Crippen LogP contribution in [0.4, 0.5) is 0 Å². The molecule has 0 radical (unpaired) electrons. The SMILES string of the molecule is CC(C)(C)OC(=O)[C@H](Cc1ccc(-c2ncc(C(=O)O)cn2)cc1)NC(=O)c1ccc(C(C)(C)C)cc1.CCCCCCC(=O)NNC(=O)c1cnc(-c2ccc(C[C@H](NC(=O)c3ccc(C(C)(C)C)cc3)C(=O)OC(C)(C)C)cc2)nc1. The lowest BCUT2D eigenvalue weighted by molar-refractivity contribution is -0.158. The number of carboxylic acid groups (broad SMARTS) is 1. The summed E-state index contributed by atoms with van der Waals surface area (Å²) in [4.78, 5) is 104. The average Bonchev–Trinajstić information content (AvgIpc) is 3.45. The molecular formula is C65H80N8O10. The van der Waals surface area contributed by atoms with Gasteiger partial charge in [-0.15, -0.1) is 0 Å². The summed E-state index contributed by atoms with van der Waals surface area (Å²) in [5.74, 6) is -2.84. The minimum Gasteiger partial charge on any atom is -0.478 e. The van der Waals surface area contributed by atoms with Gasteiger partial charge in [-0.3, -0.25) is 30.0 Å². The Hall–Kier alpha value is -8.67. The molecule has 6 aromatic rings. The van der Waals surface area contributed by atoms with Crippen LogP contribution in [0.1, 0.15) is 186 Å². The molecule has 6 rings (SSSR count). The topological polar surface area (TPSA) is 258 Å². The van der Waals surface area contributed by atoms with E-state index in [1.807, 2.05) is 60.7 Å². The van der Waals surface area contributed by atoms with Crippen LogP contribution in [0.5, 0.6) is 0 Å². The number of benzene rings is 4. The fraction of sp³-hybridized carbons (Fsp3) is 0.400. The summed E-state index contributed by atoms with van der Waals surface area (Å²) in [5, 5.41) is 14.7. The second-order valence-electron chi connectivity index (χ2n) is 24.3. The smallest absolute Gasteiger partial charge is 0.338 e. The van der Waals surface area contributed by atoms with Crippen molar-refractivity contribution in [1.82, 2.24) is 41.4 Å². The number of aromatic nitrogens is 4. The number of carbonyl (C=O) groups is 7. The zero-order chi connectivity index (χ0) is 61.3. The summed E-state index contributed by atoms with van der Waals surface area (Å²) in [5.41, 5.74) is 9.61. The normalized spacial score (nSPS) is 12.3. The minimum atomic E-state index is -1.10. The van der Waals surface area contributed by atoms with E-state index in [-0.39, 0.29) is 52.5 Å². The highest BCUT2D eigenvalue weighted by atomic mass is 16.6. The molecule has 5 N–H and O–H groups in total. The van der Waals surface area contributed by atoms with Crippen molar-refractivity contribution in [3.63, 3.8) is 0 Å². The fourth-order valence-corrected chi connectivity index (χ4v) is 8.07. The van der Waals surface area contributed by atoms with Crippen molar-refractivity contribution in [2.75, 3.05) is 0 Å². The van der Waals surface area contributed by atoms with Gasteiger partial charge in [-0.25, -0.2) is 34.3 Å². The van der Waals surface area contributed by atoms with Crippen LogP contribution in [0.3, 0.4) is 0 Å². The van der Waals surface area contributed by atoms with Crippen LogP contribution < -0.4 is 21.5 Å². The molecule has 4 aromatic carbocycles. The van der Waals surface area contributed by atoms with Gasteiger partial charge in [0.1, 0.15) is 23.3 Å². The highest BCUT2D eigenvalue weighted by Gasteiger charge is 2.30. The zero-order valence-electron chi connectivity index (χ0n) is 50.1. The highest BCUT2D eigenvalue weighted by molar-refractivity contribution is 5.98. The standard InChI is InChI=1S/C36H47N5O5.C29H33N3O5/c1-8-9-10-11-12-30(42)40-41-33(44)27-22-37-31(38-23-27)25-15-13-24(14-16-25)21-29(34(45)46-36(5,6)7)39-32(43)26-17-19-28(20-18-26)35(2,3)4;1-28(2,3)22-13-11-20(12-14-22)25(33)32-23(27(36)37-29(4,5)6)15-18-7-9-19(10-8-18)24-30-16-21(17-31-24)26(34)35/h13-20,22-23,29H,8-12,21H2,1-7H3,(H,39,43)(H,40,42)(H,41,44);7-14,16-17,23H,15H2,1-6H3,(H,32,33)(H,34,35)/t29-;23-/m00/s1. The third-order valence-electron chi connectivity index (χ3n) is 12.7. The number of hydrogen-bond donors (Lipinski definition) is 5. The average molecular weight is 1130 g/mol. The van der Waals surface area contributed by atoms with E-state index in [1.54, 1.807) is 77.9 Å². The molecular weight excluding hydrogens is 1050 g/mol. The summed E-state index contributed by atoms with van der Waals surface area (Å²) in [6.07, 6.45) is 9.97. The van der Waals surface area contributed by atoms with Gasteiger partial charge < -0.3 is 25.2 Å². The molecule has 0 aliphatic carbocycles. The van der Waals surface area contributed by atoms with Gasteiger partial charge in [0, 0.05) is 66.3 Å². The molecule has 18 nitrogen and oxygen atoms in total. The van der Waals surface area contributed by atoms with Crippen LogP contribution >= 0.6 is 0 Å². The van der Waals surface area contributed by atoms with Crippen LogP contribution in [0.25, 0.3) is 22.8 Å². The summed E-state index contributed by atoms with van der Waals surface area (Å²) < 4.78 is 11.2. The Balaban J connectivity index is 0.000000311. The molecule has 4 amide bonds. The van der Waals surface area contributed by atoms with Crippen molar-refractivity contribution in [2.24, 2.45) is 0 Å². The minimum absolute atomic E-state index is 0.00404. The molecule has 2 atom stereocenters. The van der Waals surface area contributed by atoms with E-state index in [4.69, 9.17) is 14.6 Å². The maximum atomic E-state index is 13.1. The number of carboxylic acids is 1. The van der Waals surface area contributed by atoms with Gasteiger partial charge in [-0.1, -0.05) is 141 Å². The first kappa shape index (κ1) is 65.1. The summed E-state index contributed by atoms with van der Waals surface area (Å²) in [6.45, 7) is 25.4. The molecule has 0 unspecified atom stereocenters. The molecule has 0 aliphatic heterocycles. The van der Waals surface area contributed by atoms with Crippen molar-refractivity contribution in [1.29, 1.82) is 0 Å². The van der Waals surface area contributed by atoms with E-state index in [0.717, 1.165) is 47.9 Å². The largest absolute Gasteiger partial charge is 0.478 e. The fourth-order valence-electron chi connectivity index (χ4n) is 8.07. The molecule has 0 saturated carbocycles. The molecule has 0 spiro atoms. The van der Waals surface area contributed by atoms with Gasteiger partial charge >= 0.3 is 17.9 Å². The van der Waals surface area contributed by atoms with Crippen molar-refractivity contribution in [3.05, 3.63) is 166 Å². The second kappa shape index (κ2) is 28.8. The van der Waals surface area contributed by atoms with Gasteiger partial charge in [-0.05, 0) is 105 Å². The second-order valence-corrected chi connectivity index (χ2v) is 24.3. The number of carbonyl (C=O) groups excluding carboxylic acids is 6. The van der Waals surface area contributed by atoms with Crippen molar-refractivity contribution in [2.45, 2.75) is 169 Å². The molecule has 0 fully saturated rings. The highest BCUT2D eigenvalue weighted by Crippen LogP contribution is 2.25. The van der Waals surface area contributed by atoms with Gasteiger partial charge in [0.15, 0.2) is 11.6 Å². The molecule has 0 aliphatic rings. The molecule has 2 aromatic heterocycles. The number of hydrazine groups is 1. The number of amides is 4. The molecule has 83 heavy (non-hydrogen) atoms. The van der Waals surface area contributed by atoms with Crippen LogP contribution in [0.15, 0.2) is 122 Å². The first-order valence-electron chi connectivity index (χ1n) is 27.8. The van der Waals surface area contributed by atoms with Crippen LogP contribution in [0, 0.1) is 0 Å². The quantitative estimate of drug-likeness (QED) is 0.0287. The van der Waals surface area contributed by atoms with Crippen molar-refractivity contribution in [3.8, 4) is 22.8 Å². The first-order valence-corrected chi connectivity index (χ1v) is 27.8. The first-order chi connectivity index (χ1) is 38.9. The molecule has 0 saturated heterocycles. The van der Waals surface area contributed by atoms with E-state index >= 15 is 0 Å². The maximum absolute atomic E-state index is 13.1. The number of esters is 2. The third kappa shape index (κ3) is 21.3. The van der Waals surface area contributed by atoms with Gasteiger partial charge in [0.2, 0.25) is 5.91 Å². The Morgan fingerprint density at radius 1 is 0.458 bits per heavy atom. The van der Waals surface area contributed by atoms with Crippen LogP contribution in [-0.4, -0.2) is 89.9 Å². The van der Waals surface area contributed by atoms with Crippen LogP contribution in [0.2, 0.25) is 0 Å². The van der Waals surface area contributed by atoms with E-state index in [2.05, 4.69) is 89.9 Å². The number of nitrogens with zero attached hydrogens (tertiary/aromatic N) is 4. The Bertz CT molecular complexity index is 3160. The van der Waals surface area contributed by atoms with Gasteiger partial charge in [0.25, 0.3) is 17.7 Å². The molecule has 0 bridgehead atoms. The number of hydrogen-bond acceptors (Lipinski definition) is 13. The van der Waals surface area contributed by atoms with Crippen LogP contribution in [-0.2, 0) is 47.5 Å². The van der Waals surface area contributed by atoms with E-state index < -0.39 is 47.1 Å².